The Balaban J connectivity index is 1.55. The molecule has 0 saturated carbocycles. The van der Waals surface area contributed by atoms with Gasteiger partial charge in [0.05, 0.1) is 23.2 Å². The van der Waals surface area contributed by atoms with Crippen LogP contribution in [0.25, 0.3) is 0 Å². The van der Waals surface area contributed by atoms with Gasteiger partial charge in [0.15, 0.2) is 0 Å². The third kappa shape index (κ3) is 2.77. The lowest BCUT2D eigenvalue weighted by Gasteiger charge is -2.56. The lowest BCUT2D eigenvalue weighted by molar-refractivity contribution is -0.138. The van der Waals surface area contributed by atoms with E-state index in [1.807, 2.05) is 4.90 Å². The van der Waals surface area contributed by atoms with Crippen molar-refractivity contribution >= 4 is 11.6 Å². The van der Waals surface area contributed by atoms with Crippen molar-refractivity contribution in [1.82, 2.24) is 14.9 Å². The summed E-state index contributed by atoms with van der Waals surface area (Å²) in [5, 5.41) is 0. The second-order valence-corrected chi connectivity index (χ2v) is 6.42. The maximum absolute atomic E-state index is 13.3. The van der Waals surface area contributed by atoms with Crippen LogP contribution in [0.3, 0.4) is 0 Å². The number of aromatic nitrogens is 2. The van der Waals surface area contributed by atoms with Gasteiger partial charge >= 0.3 is 6.18 Å². The van der Waals surface area contributed by atoms with Gasteiger partial charge < -0.3 is 9.80 Å². The van der Waals surface area contributed by atoms with Gasteiger partial charge in [-0.1, -0.05) is 0 Å². The van der Waals surface area contributed by atoms with E-state index in [-0.39, 0.29) is 12.1 Å². The van der Waals surface area contributed by atoms with E-state index in [0.717, 1.165) is 24.9 Å². The third-order valence-electron chi connectivity index (χ3n) is 4.86. The molecule has 3 aliphatic heterocycles. The first kappa shape index (κ1) is 16.7. The number of piperidine rings is 1. The molecule has 5 nitrogen and oxygen atoms in total. The van der Waals surface area contributed by atoms with Crippen molar-refractivity contribution in [3.8, 4) is 0 Å². The summed E-state index contributed by atoms with van der Waals surface area (Å²) in [7, 11) is 0. The molecule has 5 heterocycles. The fourth-order valence-corrected chi connectivity index (χ4v) is 3.69. The number of alkyl halides is 3. The molecule has 2 aromatic rings. The highest BCUT2D eigenvalue weighted by Crippen LogP contribution is 2.38. The first-order valence-corrected chi connectivity index (χ1v) is 8.05. The second-order valence-electron chi connectivity index (χ2n) is 6.42. The van der Waals surface area contributed by atoms with Gasteiger partial charge in [0.2, 0.25) is 5.95 Å². The Morgan fingerprint density at radius 3 is 2.54 bits per heavy atom. The van der Waals surface area contributed by atoms with E-state index in [1.165, 1.54) is 17.2 Å². The van der Waals surface area contributed by atoms with Gasteiger partial charge in [-0.15, -0.1) is 0 Å². The zero-order chi connectivity index (χ0) is 18.5. The number of halogens is 4. The Bertz CT molecular complexity index is 845. The number of hydrogen-bond acceptors (Lipinski definition) is 4. The van der Waals surface area contributed by atoms with Crippen LogP contribution in [0.15, 0.2) is 36.8 Å². The van der Waals surface area contributed by atoms with Crippen molar-refractivity contribution in [3.05, 3.63) is 53.9 Å². The Morgan fingerprint density at radius 2 is 1.88 bits per heavy atom. The smallest absolute Gasteiger partial charge is 0.367 e. The number of pyridine rings is 2. The average Bonchev–Trinajstić information content (AvgIpc) is 2.61. The maximum Gasteiger partial charge on any atom is 0.417 e. The number of fused-ring (bicyclic) bond motifs is 2. The lowest BCUT2D eigenvalue weighted by Crippen LogP contribution is -2.70. The van der Waals surface area contributed by atoms with Gasteiger partial charge in [-0.3, -0.25) is 9.78 Å². The number of amides is 1. The summed E-state index contributed by atoms with van der Waals surface area (Å²) in [6.07, 6.45) is -0.545. The number of piperazine rings is 1. The predicted molar refractivity (Wildman–Crippen MR) is 84.0 cm³/mol. The number of rotatable bonds is 2. The zero-order valence-corrected chi connectivity index (χ0v) is 13.4. The SMILES string of the molecule is O=C(c1cnccc1C(F)(F)F)N1C2CC1CN(c1ccnc(F)c1)C2. The third-order valence-corrected chi connectivity index (χ3v) is 4.86. The largest absolute Gasteiger partial charge is 0.417 e. The molecule has 0 aliphatic carbocycles. The molecule has 3 aliphatic rings. The molecule has 3 saturated heterocycles. The van der Waals surface area contributed by atoms with Crippen LogP contribution in [0.2, 0.25) is 0 Å². The Labute approximate surface area is 146 Å². The van der Waals surface area contributed by atoms with Crippen molar-refractivity contribution in [3.63, 3.8) is 0 Å². The molecule has 0 spiro atoms. The molecule has 9 heteroatoms. The fourth-order valence-electron chi connectivity index (χ4n) is 3.69. The van der Waals surface area contributed by atoms with Gasteiger partial charge in [0.25, 0.3) is 5.91 Å². The van der Waals surface area contributed by atoms with Crippen molar-refractivity contribution in [2.45, 2.75) is 24.7 Å². The van der Waals surface area contributed by atoms with Crippen molar-refractivity contribution in [1.29, 1.82) is 0 Å². The van der Waals surface area contributed by atoms with Crippen LogP contribution in [0.5, 0.6) is 0 Å². The van der Waals surface area contributed by atoms with E-state index < -0.39 is 29.2 Å². The van der Waals surface area contributed by atoms with E-state index in [2.05, 4.69) is 9.97 Å². The van der Waals surface area contributed by atoms with Gasteiger partial charge in [-0.2, -0.15) is 17.6 Å². The minimum absolute atomic E-state index is 0.209. The molecule has 0 N–H and O–H groups in total. The molecular formula is C17H14F4N4O. The molecule has 5 rings (SSSR count). The molecule has 2 bridgehead atoms. The quantitative estimate of drug-likeness (QED) is 0.606. The van der Waals surface area contributed by atoms with Crippen LogP contribution < -0.4 is 4.90 Å². The first-order chi connectivity index (χ1) is 12.3. The highest BCUT2D eigenvalue weighted by atomic mass is 19.4. The molecule has 2 atom stereocenters. The number of carbonyl (C=O) groups is 1. The number of nitrogens with zero attached hydrogens (tertiary/aromatic N) is 4. The van der Waals surface area contributed by atoms with E-state index in [9.17, 15) is 22.4 Å². The van der Waals surface area contributed by atoms with Gasteiger partial charge in [-0.05, 0) is 18.6 Å². The summed E-state index contributed by atoms with van der Waals surface area (Å²) >= 11 is 0. The Kier molecular flexibility index (Phi) is 3.82. The molecule has 26 heavy (non-hydrogen) atoms. The number of hydrogen-bond donors (Lipinski definition) is 0. The van der Waals surface area contributed by atoms with Gasteiger partial charge in [0.1, 0.15) is 0 Å². The normalized spacial score (nSPS) is 22.2. The van der Waals surface area contributed by atoms with Crippen LogP contribution >= 0.6 is 0 Å². The molecule has 1 amide bonds. The molecule has 136 valence electrons. The molecular weight excluding hydrogens is 352 g/mol. The van der Waals surface area contributed by atoms with E-state index in [1.54, 1.807) is 6.07 Å². The lowest BCUT2D eigenvalue weighted by atomic mass is 9.86. The average molecular weight is 366 g/mol. The van der Waals surface area contributed by atoms with E-state index in [0.29, 0.717) is 18.8 Å². The summed E-state index contributed by atoms with van der Waals surface area (Å²) in [5.41, 5.74) is -0.759. The summed E-state index contributed by atoms with van der Waals surface area (Å²) in [6.45, 7) is 0.876. The molecule has 2 unspecified atom stereocenters. The van der Waals surface area contributed by atoms with Crippen molar-refractivity contribution < 1.29 is 22.4 Å². The Morgan fingerprint density at radius 1 is 1.15 bits per heavy atom. The first-order valence-electron chi connectivity index (χ1n) is 8.05. The van der Waals surface area contributed by atoms with Crippen LogP contribution in [0, 0.1) is 5.95 Å². The molecule has 3 fully saturated rings. The standard InChI is InChI=1S/C17H14F4N4O/c18-15-6-10(1-4-23-15)24-8-11-5-12(9-24)25(11)16(26)13-7-22-3-2-14(13)17(19,20)21/h1-4,6-7,11-12H,5,8-9H2. The second kappa shape index (κ2) is 5.93. The maximum atomic E-state index is 13.3. The topological polar surface area (TPSA) is 49.3 Å². The Hall–Kier alpha value is -2.71. The van der Waals surface area contributed by atoms with E-state index >= 15 is 0 Å². The fraction of sp³-hybridized carbons (Fsp3) is 0.353. The van der Waals surface area contributed by atoms with Crippen LogP contribution in [-0.2, 0) is 6.18 Å². The van der Waals surface area contributed by atoms with Gasteiger partial charge in [-0.25, -0.2) is 4.98 Å². The summed E-state index contributed by atoms with van der Waals surface area (Å²) in [5.74, 6) is -1.26. The summed E-state index contributed by atoms with van der Waals surface area (Å²) in [4.78, 5) is 23.3. The van der Waals surface area contributed by atoms with Crippen molar-refractivity contribution in [2.75, 3.05) is 18.0 Å². The van der Waals surface area contributed by atoms with Gasteiger partial charge in [0, 0.05) is 43.4 Å². The van der Waals surface area contributed by atoms with E-state index in [4.69, 9.17) is 0 Å². The highest BCUT2D eigenvalue weighted by Gasteiger charge is 2.49. The van der Waals surface area contributed by atoms with Crippen LogP contribution in [0.1, 0.15) is 22.3 Å². The summed E-state index contributed by atoms with van der Waals surface area (Å²) < 4.78 is 52.8. The predicted octanol–water partition coefficient (Wildman–Crippen LogP) is 2.74. The summed E-state index contributed by atoms with van der Waals surface area (Å²) in [6, 6.07) is 3.37. The molecule has 0 aromatic carbocycles. The minimum Gasteiger partial charge on any atom is -0.367 e. The van der Waals surface area contributed by atoms with Crippen molar-refractivity contribution in [2.24, 2.45) is 0 Å². The highest BCUT2D eigenvalue weighted by molar-refractivity contribution is 5.96. The minimum atomic E-state index is -4.62. The van der Waals surface area contributed by atoms with Crippen LogP contribution in [0.4, 0.5) is 23.2 Å². The monoisotopic (exact) mass is 366 g/mol. The zero-order valence-electron chi connectivity index (χ0n) is 13.4. The molecule has 0 radical (unpaired) electrons. The number of carbonyl (C=O) groups excluding carboxylic acids is 1. The van der Waals surface area contributed by atoms with Crippen LogP contribution in [-0.4, -0.2) is 45.9 Å². The number of anilines is 1. The molecule has 2 aromatic heterocycles.